The number of rotatable bonds is 6. The quantitative estimate of drug-likeness (QED) is 0.748. The van der Waals surface area contributed by atoms with Crippen molar-refractivity contribution in [2.45, 2.75) is 66.5 Å². The topological polar surface area (TPSA) is 41.1 Å². The van der Waals surface area contributed by atoms with Gasteiger partial charge in [0.25, 0.3) is 0 Å². The molecule has 3 heteroatoms. The minimum Gasteiger partial charge on any atom is -0.352 e. The van der Waals surface area contributed by atoms with Gasteiger partial charge < -0.3 is 10.6 Å². The number of nitrogens with one attached hydrogen (secondary N) is 2. The van der Waals surface area contributed by atoms with Crippen LogP contribution in [-0.2, 0) is 4.79 Å². The molecule has 1 aliphatic rings. The second-order valence-electron chi connectivity index (χ2n) is 6.34. The highest BCUT2D eigenvalue weighted by molar-refractivity contribution is 5.78. The van der Waals surface area contributed by atoms with Gasteiger partial charge in [-0.2, -0.15) is 0 Å². The molecule has 100 valence electrons. The molecule has 17 heavy (non-hydrogen) atoms. The zero-order chi connectivity index (χ0) is 13.3. The molecule has 0 bridgehead atoms. The molecule has 1 rings (SSSR count). The summed E-state index contributed by atoms with van der Waals surface area (Å²) in [7, 11) is 0. The first-order chi connectivity index (χ1) is 7.77. The maximum absolute atomic E-state index is 11.8. The molecule has 3 nitrogen and oxygen atoms in total. The van der Waals surface area contributed by atoms with E-state index in [1.807, 2.05) is 0 Å². The van der Waals surface area contributed by atoms with Crippen LogP contribution >= 0.6 is 0 Å². The summed E-state index contributed by atoms with van der Waals surface area (Å²) in [5, 5.41) is 6.43. The Morgan fingerprint density at radius 2 is 1.59 bits per heavy atom. The molecule has 0 atom stereocenters. The summed E-state index contributed by atoms with van der Waals surface area (Å²) in [6.07, 6.45) is 2.01. The van der Waals surface area contributed by atoms with E-state index in [0.717, 1.165) is 12.8 Å². The van der Waals surface area contributed by atoms with Crippen LogP contribution in [0.15, 0.2) is 0 Å². The van der Waals surface area contributed by atoms with Gasteiger partial charge in [0.15, 0.2) is 0 Å². The van der Waals surface area contributed by atoms with E-state index in [4.69, 9.17) is 0 Å². The Labute approximate surface area is 106 Å². The number of carbonyl (C=O) groups excluding carboxylic acids is 1. The van der Waals surface area contributed by atoms with Gasteiger partial charge in [-0.25, -0.2) is 0 Å². The average molecular weight is 240 g/mol. The second-order valence-corrected chi connectivity index (χ2v) is 6.34. The van der Waals surface area contributed by atoms with Crippen molar-refractivity contribution in [1.82, 2.24) is 10.6 Å². The van der Waals surface area contributed by atoms with Gasteiger partial charge in [-0.3, -0.25) is 4.79 Å². The van der Waals surface area contributed by atoms with Gasteiger partial charge in [0, 0.05) is 12.1 Å². The summed E-state index contributed by atoms with van der Waals surface area (Å²) in [5.74, 6) is 0.122. The molecular formula is C14H28N2O. The fourth-order valence-electron chi connectivity index (χ4n) is 2.67. The van der Waals surface area contributed by atoms with E-state index < -0.39 is 0 Å². The maximum Gasteiger partial charge on any atom is 0.234 e. The summed E-state index contributed by atoms with van der Waals surface area (Å²) in [5.41, 5.74) is 0.588. The second kappa shape index (κ2) is 4.97. The van der Waals surface area contributed by atoms with Crippen LogP contribution in [0.2, 0.25) is 0 Å². The van der Waals surface area contributed by atoms with Gasteiger partial charge in [0.1, 0.15) is 0 Å². The zero-order valence-corrected chi connectivity index (χ0v) is 12.2. The van der Waals surface area contributed by atoms with Crippen molar-refractivity contribution >= 4 is 5.91 Å². The lowest BCUT2D eigenvalue weighted by molar-refractivity contribution is -0.121. The fraction of sp³-hybridized carbons (Fsp3) is 0.929. The zero-order valence-electron chi connectivity index (χ0n) is 12.2. The molecule has 2 N–H and O–H groups in total. The fourth-order valence-corrected chi connectivity index (χ4v) is 2.67. The molecule has 0 heterocycles. The number of hydrogen-bond acceptors (Lipinski definition) is 2. The van der Waals surface area contributed by atoms with Gasteiger partial charge in [0.05, 0.1) is 6.54 Å². The van der Waals surface area contributed by atoms with E-state index in [1.54, 1.807) is 0 Å². The van der Waals surface area contributed by atoms with Crippen molar-refractivity contribution in [3.8, 4) is 0 Å². The van der Waals surface area contributed by atoms with Crippen molar-refractivity contribution in [3.05, 3.63) is 0 Å². The summed E-state index contributed by atoms with van der Waals surface area (Å²) < 4.78 is 0. The monoisotopic (exact) mass is 240 g/mol. The lowest BCUT2D eigenvalue weighted by Gasteiger charge is -2.15. The minimum atomic E-state index is 0.122. The third-order valence-electron chi connectivity index (χ3n) is 4.84. The normalized spacial score (nSPS) is 21.6. The van der Waals surface area contributed by atoms with Crippen LogP contribution in [0.25, 0.3) is 0 Å². The molecule has 0 spiro atoms. The Hall–Kier alpha value is -0.570. The molecule has 0 aromatic heterocycles. The molecule has 1 amide bonds. The Bertz CT molecular complexity index is 266. The first kappa shape index (κ1) is 14.5. The average Bonchev–Trinajstić information content (AvgIpc) is 2.63. The van der Waals surface area contributed by atoms with Gasteiger partial charge in [-0.05, 0) is 23.7 Å². The Morgan fingerprint density at radius 1 is 1.12 bits per heavy atom. The van der Waals surface area contributed by atoms with Crippen LogP contribution in [0.1, 0.15) is 54.4 Å². The molecule has 0 aliphatic heterocycles. The van der Waals surface area contributed by atoms with E-state index in [9.17, 15) is 4.79 Å². The Morgan fingerprint density at radius 3 is 1.94 bits per heavy atom. The molecule has 0 aromatic rings. The molecule has 0 saturated heterocycles. The number of amides is 1. The van der Waals surface area contributed by atoms with E-state index in [2.05, 4.69) is 52.2 Å². The molecule has 0 aromatic carbocycles. The highest BCUT2D eigenvalue weighted by atomic mass is 16.2. The third kappa shape index (κ3) is 2.82. The molecule has 0 radical (unpaired) electrons. The minimum absolute atomic E-state index is 0.122. The predicted octanol–water partition coefficient (Wildman–Crippen LogP) is 2.32. The van der Waals surface area contributed by atoms with E-state index in [-0.39, 0.29) is 5.91 Å². The van der Waals surface area contributed by atoms with Crippen molar-refractivity contribution in [1.29, 1.82) is 0 Å². The number of carbonyl (C=O) groups is 1. The van der Waals surface area contributed by atoms with Crippen molar-refractivity contribution in [2.75, 3.05) is 6.54 Å². The van der Waals surface area contributed by atoms with E-state index in [0.29, 0.717) is 29.5 Å². The van der Waals surface area contributed by atoms with Crippen LogP contribution in [0.5, 0.6) is 0 Å². The SMILES string of the molecule is CCC(CC)NC(=O)CNC1C(C)(C)C1(C)C. The van der Waals surface area contributed by atoms with E-state index >= 15 is 0 Å². The first-order valence-electron chi connectivity index (χ1n) is 6.80. The van der Waals surface area contributed by atoms with Gasteiger partial charge in [-0.15, -0.1) is 0 Å². The van der Waals surface area contributed by atoms with Crippen molar-refractivity contribution in [3.63, 3.8) is 0 Å². The van der Waals surface area contributed by atoms with Crippen LogP contribution in [0, 0.1) is 10.8 Å². The standard InChI is InChI=1S/C14H28N2O/c1-7-10(8-2)16-11(17)9-15-12-13(3,4)14(12,5)6/h10,12,15H,7-9H2,1-6H3,(H,16,17). The smallest absolute Gasteiger partial charge is 0.234 e. The lowest BCUT2D eigenvalue weighted by atomic mass is 10.0. The third-order valence-corrected chi connectivity index (χ3v) is 4.84. The van der Waals surface area contributed by atoms with Crippen LogP contribution < -0.4 is 10.6 Å². The van der Waals surface area contributed by atoms with Gasteiger partial charge >= 0.3 is 0 Å². The maximum atomic E-state index is 11.8. The molecule has 1 aliphatic carbocycles. The highest BCUT2D eigenvalue weighted by Gasteiger charge is 2.64. The van der Waals surface area contributed by atoms with Crippen molar-refractivity contribution < 1.29 is 4.79 Å². The largest absolute Gasteiger partial charge is 0.352 e. The van der Waals surface area contributed by atoms with Crippen LogP contribution in [-0.4, -0.2) is 24.5 Å². The molecular weight excluding hydrogens is 212 g/mol. The molecule has 0 unspecified atom stereocenters. The Balaban J connectivity index is 2.31. The number of hydrogen-bond donors (Lipinski definition) is 2. The molecule has 1 fully saturated rings. The summed E-state index contributed by atoms with van der Waals surface area (Å²) in [6.45, 7) is 13.7. The highest BCUT2D eigenvalue weighted by Crippen LogP contribution is 2.62. The Kier molecular flexibility index (Phi) is 4.23. The van der Waals surface area contributed by atoms with Crippen LogP contribution in [0.4, 0.5) is 0 Å². The van der Waals surface area contributed by atoms with Gasteiger partial charge in [-0.1, -0.05) is 41.5 Å². The van der Waals surface area contributed by atoms with E-state index in [1.165, 1.54) is 0 Å². The lowest BCUT2D eigenvalue weighted by Crippen LogP contribution is -2.41. The van der Waals surface area contributed by atoms with Crippen molar-refractivity contribution in [2.24, 2.45) is 10.8 Å². The molecule has 1 saturated carbocycles. The van der Waals surface area contributed by atoms with Gasteiger partial charge in [0.2, 0.25) is 5.91 Å². The summed E-state index contributed by atoms with van der Waals surface area (Å²) in [4.78, 5) is 11.8. The summed E-state index contributed by atoms with van der Waals surface area (Å²) in [6, 6.07) is 0.770. The first-order valence-corrected chi connectivity index (χ1v) is 6.80. The predicted molar refractivity (Wildman–Crippen MR) is 71.9 cm³/mol. The summed E-state index contributed by atoms with van der Waals surface area (Å²) >= 11 is 0. The van der Waals surface area contributed by atoms with Crippen LogP contribution in [0.3, 0.4) is 0 Å².